The number of anilines is 3. The molecule has 0 aliphatic carbocycles. The van der Waals surface area contributed by atoms with Gasteiger partial charge in [-0.1, -0.05) is 0 Å². The van der Waals surface area contributed by atoms with Crippen LogP contribution < -0.4 is 16.0 Å². The van der Waals surface area contributed by atoms with E-state index in [1.165, 1.54) is 30.6 Å². The maximum atomic E-state index is 6.17. The normalized spacial score (nSPS) is 17.0. The van der Waals surface area contributed by atoms with E-state index >= 15 is 0 Å². The summed E-state index contributed by atoms with van der Waals surface area (Å²) in [5.41, 5.74) is 9.42. The number of ether oxygens (including phenoxy) is 1. The zero-order valence-corrected chi connectivity index (χ0v) is 18.3. The highest BCUT2D eigenvalue weighted by Crippen LogP contribution is 2.29. The van der Waals surface area contributed by atoms with Crippen molar-refractivity contribution >= 4 is 66.7 Å². The fourth-order valence-electron chi connectivity index (χ4n) is 3.25. The van der Waals surface area contributed by atoms with E-state index in [2.05, 4.69) is 27.2 Å². The molecule has 0 radical (unpaired) electrons. The molecule has 3 rings (SSSR count). The average molecular weight is 450 g/mol. The molecule has 2 aliphatic heterocycles. The maximum absolute atomic E-state index is 6.17. The van der Waals surface area contributed by atoms with Crippen LogP contribution in [0.5, 0.6) is 0 Å². The fourth-order valence-corrected chi connectivity index (χ4v) is 3.25. The molecule has 5 nitrogen and oxygen atoms in total. The quantitative estimate of drug-likeness (QED) is 0.671. The van der Waals surface area contributed by atoms with Gasteiger partial charge in [0, 0.05) is 45.0 Å². The summed E-state index contributed by atoms with van der Waals surface area (Å²) in [4.78, 5) is 4.87. The summed E-state index contributed by atoms with van der Waals surface area (Å²) in [6, 6.07) is 6.32. The lowest BCUT2D eigenvalue weighted by Crippen LogP contribution is -2.39. The third kappa shape index (κ3) is 8.15. The number of piperidine rings is 1. The van der Waals surface area contributed by atoms with Crippen LogP contribution in [0.25, 0.3) is 0 Å². The number of morpholine rings is 1. The first-order valence-corrected chi connectivity index (χ1v) is 8.51. The second-order valence-corrected chi connectivity index (χ2v) is 6.20. The number of halogens is 4. The summed E-state index contributed by atoms with van der Waals surface area (Å²) in [5.74, 6) is 0. The van der Waals surface area contributed by atoms with Gasteiger partial charge in [0.25, 0.3) is 0 Å². The number of hydrogen-bond acceptors (Lipinski definition) is 5. The van der Waals surface area contributed by atoms with E-state index in [0.717, 1.165) is 58.2 Å². The van der Waals surface area contributed by atoms with Gasteiger partial charge in [-0.15, -0.1) is 49.6 Å². The molecule has 1 aromatic rings. The topological polar surface area (TPSA) is 53.8 Å². The van der Waals surface area contributed by atoms with E-state index in [1.54, 1.807) is 0 Å². The van der Waals surface area contributed by atoms with E-state index < -0.39 is 0 Å². The molecule has 154 valence electrons. The summed E-state index contributed by atoms with van der Waals surface area (Å²) in [7, 11) is 0. The van der Waals surface area contributed by atoms with Crippen LogP contribution in [0.3, 0.4) is 0 Å². The molecule has 3 N–H and O–H groups in total. The number of nitrogens with one attached hydrogen (secondary N) is 1. The predicted molar refractivity (Wildman–Crippen MR) is 122 cm³/mol. The Morgan fingerprint density at radius 1 is 0.923 bits per heavy atom. The largest absolute Gasteiger partial charge is 0.397 e. The van der Waals surface area contributed by atoms with Gasteiger partial charge in [0.15, 0.2) is 0 Å². The van der Waals surface area contributed by atoms with Gasteiger partial charge in [0.2, 0.25) is 0 Å². The molecule has 2 heterocycles. The van der Waals surface area contributed by atoms with Gasteiger partial charge in [-0.3, -0.25) is 4.90 Å². The molecule has 0 saturated carbocycles. The minimum atomic E-state index is 0. The highest BCUT2D eigenvalue weighted by Gasteiger charge is 2.14. The number of nitrogens with zero attached hydrogens (tertiary/aromatic N) is 2. The van der Waals surface area contributed by atoms with Crippen LogP contribution in [-0.4, -0.2) is 57.4 Å². The molecule has 0 aromatic heterocycles. The molecule has 9 heteroatoms. The third-order valence-corrected chi connectivity index (χ3v) is 4.59. The molecule has 26 heavy (non-hydrogen) atoms. The van der Waals surface area contributed by atoms with Gasteiger partial charge in [0.1, 0.15) is 0 Å². The molecular weight excluding hydrogens is 418 g/mol. The van der Waals surface area contributed by atoms with Crippen LogP contribution in [0.15, 0.2) is 18.2 Å². The standard InChI is InChI=1S/C17H28N4O.4ClH/c18-16-5-4-15(14-17(16)21-7-2-1-3-8-21)19-6-9-20-10-12-22-13-11-20;;;;/h4-5,14,19H,1-3,6-13,18H2;4*1H. The van der Waals surface area contributed by atoms with Crippen molar-refractivity contribution in [3.63, 3.8) is 0 Å². The molecular formula is C17H32Cl4N4O. The van der Waals surface area contributed by atoms with Crippen molar-refractivity contribution in [1.82, 2.24) is 4.90 Å². The van der Waals surface area contributed by atoms with Crippen LogP contribution in [0.1, 0.15) is 19.3 Å². The first kappa shape index (κ1) is 27.9. The molecule has 1 aromatic carbocycles. The Balaban J connectivity index is 0. The van der Waals surface area contributed by atoms with E-state index in [4.69, 9.17) is 10.5 Å². The Hall–Kier alpha value is -0.300. The summed E-state index contributed by atoms with van der Waals surface area (Å²) in [6.07, 6.45) is 3.89. The predicted octanol–water partition coefficient (Wildman–Crippen LogP) is 3.69. The van der Waals surface area contributed by atoms with E-state index in [0.29, 0.717) is 0 Å². The Morgan fingerprint density at radius 2 is 1.58 bits per heavy atom. The van der Waals surface area contributed by atoms with Crippen LogP contribution in [-0.2, 0) is 4.74 Å². The molecule has 0 amide bonds. The van der Waals surface area contributed by atoms with E-state index in [-0.39, 0.29) is 49.6 Å². The zero-order valence-electron chi connectivity index (χ0n) is 15.0. The first-order valence-electron chi connectivity index (χ1n) is 8.51. The van der Waals surface area contributed by atoms with Gasteiger partial charge in [-0.2, -0.15) is 0 Å². The maximum Gasteiger partial charge on any atom is 0.0620 e. The van der Waals surface area contributed by atoms with Gasteiger partial charge in [-0.25, -0.2) is 0 Å². The smallest absolute Gasteiger partial charge is 0.0620 e. The van der Waals surface area contributed by atoms with Crippen molar-refractivity contribution in [2.45, 2.75) is 19.3 Å². The van der Waals surface area contributed by atoms with Crippen LogP contribution in [0.2, 0.25) is 0 Å². The van der Waals surface area contributed by atoms with E-state index in [1.807, 2.05) is 6.07 Å². The van der Waals surface area contributed by atoms with Crippen LogP contribution in [0, 0.1) is 0 Å². The second-order valence-electron chi connectivity index (χ2n) is 6.20. The van der Waals surface area contributed by atoms with Crippen LogP contribution >= 0.6 is 49.6 Å². The lowest BCUT2D eigenvalue weighted by molar-refractivity contribution is 0.0398. The Labute approximate surface area is 182 Å². The van der Waals surface area contributed by atoms with Crippen molar-refractivity contribution in [2.75, 3.05) is 68.4 Å². The lowest BCUT2D eigenvalue weighted by Gasteiger charge is -2.30. The fraction of sp³-hybridized carbons (Fsp3) is 0.647. The first-order chi connectivity index (χ1) is 10.8. The van der Waals surface area contributed by atoms with Gasteiger partial charge >= 0.3 is 0 Å². The molecule has 2 fully saturated rings. The van der Waals surface area contributed by atoms with Crippen molar-refractivity contribution in [1.29, 1.82) is 0 Å². The Kier molecular flexibility index (Phi) is 15.8. The number of rotatable bonds is 5. The molecule has 0 bridgehead atoms. The SMILES string of the molecule is Cl.Cl.Cl.Cl.Nc1ccc(NCCN2CCOCC2)cc1N1CCCCC1. The molecule has 0 unspecified atom stereocenters. The minimum Gasteiger partial charge on any atom is -0.397 e. The zero-order chi connectivity index (χ0) is 15.2. The van der Waals surface area contributed by atoms with Crippen molar-refractivity contribution in [2.24, 2.45) is 0 Å². The van der Waals surface area contributed by atoms with Gasteiger partial charge in [0.05, 0.1) is 24.6 Å². The van der Waals surface area contributed by atoms with Crippen molar-refractivity contribution < 1.29 is 4.74 Å². The summed E-state index contributed by atoms with van der Waals surface area (Å²) >= 11 is 0. The third-order valence-electron chi connectivity index (χ3n) is 4.59. The van der Waals surface area contributed by atoms with Crippen molar-refractivity contribution in [3.05, 3.63) is 18.2 Å². The summed E-state index contributed by atoms with van der Waals surface area (Å²) in [5, 5.41) is 3.53. The Morgan fingerprint density at radius 3 is 2.23 bits per heavy atom. The summed E-state index contributed by atoms with van der Waals surface area (Å²) < 4.78 is 5.38. The molecule has 2 aliphatic rings. The highest BCUT2D eigenvalue weighted by atomic mass is 35.5. The highest BCUT2D eigenvalue weighted by molar-refractivity contribution is 5.86. The Bertz CT molecular complexity index is 484. The van der Waals surface area contributed by atoms with Crippen molar-refractivity contribution in [3.8, 4) is 0 Å². The number of hydrogen-bond donors (Lipinski definition) is 2. The average Bonchev–Trinajstić information content (AvgIpc) is 2.58. The lowest BCUT2D eigenvalue weighted by atomic mass is 10.1. The molecule has 0 atom stereocenters. The minimum absolute atomic E-state index is 0. The van der Waals surface area contributed by atoms with Gasteiger partial charge in [-0.05, 0) is 37.5 Å². The molecule has 2 saturated heterocycles. The van der Waals surface area contributed by atoms with Gasteiger partial charge < -0.3 is 20.7 Å². The van der Waals surface area contributed by atoms with Crippen LogP contribution in [0.4, 0.5) is 17.1 Å². The number of benzene rings is 1. The monoisotopic (exact) mass is 448 g/mol. The summed E-state index contributed by atoms with van der Waals surface area (Å²) in [6.45, 7) is 8.09. The number of nitrogens with two attached hydrogens (primary N) is 1. The number of nitrogen functional groups attached to an aromatic ring is 1. The molecule has 0 spiro atoms. The second kappa shape index (κ2) is 14.7. The van der Waals surface area contributed by atoms with E-state index in [9.17, 15) is 0 Å².